The number of fused-ring (bicyclic) bond motifs is 7. The second-order valence-electron chi connectivity index (χ2n) is 19.1. The van der Waals surface area contributed by atoms with Gasteiger partial charge in [0.05, 0.1) is 22.4 Å². The van der Waals surface area contributed by atoms with Crippen molar-refractivity contribution in [3.8, 4) is 39.1 Å². The van der Waals surface area contributed by atoms with Crippen LogP contribution in [0, 0.1) is 0 Å². The first-order valence-corrected chi connectivity index (χ1v) is 24.5. The first kappa shape index (κ1) is 40.3. The van der Waals surface area contributed by atoms with E-state index in [0.717, 1.165) is 22.7 Å². The predicted octanol–water partition coefficient (Wildman–Crippen LogP) is 18.1. The maximum Gasteiger partial charge on any atom is 0.0547 e. The van der Waals surface area contributed by atoms with Crippen molar-refractivity contribution in [2.75, 3.05) is 4.90 Å². The number of para-hydroxylation sites is 4. The number of hydrogen-bond donors (Lipinski definition) is 0. The zero-order valence-corrected chi connectivity index (χ0v) is 38.4. The van der Waals surface area contributed by atoms with E-state index in [2.05, 4.69) is 247 Å². The highest BCUT2D eigenvalue weighted by Crippen LogP contribution is 2.55. The summed E-state index contributed by atoms with van der Waals surface area (Å²) in [4.78, 5) is 2.58. The summed E-state index contributed by atoms with van der Waals surface area (Å²) in [6, 6.07) is 86.2. The van der Waals surface area contributed by atoms with Gasteiger partial charge in [0.15, 0.2) is 0 Å². The maximum absolute atomic E-state index is 2.58. The Balaban J connectivity index is 1.10. The van der Waals surface area contributed by atoms with Crippen LogP contribution >= 0.6 is 0 Å². The molecule has 0 aliphatic heterocycles. The smallest absolute Gasteiger partial charge is 0.0547 e. The highest BCUT2D eigenvalue weighted by molar-refractivity contribution is 6.17. The second kappa shape index (κ2) is 16.4. The fraction of sp³-hybridized carbons (Fsp3) is 0.121. The van der Waals surface area contributed by atoms with Gasteiger partial charge >= 0.3 is 0 Å². The lowest BCUT2D eigenvalue weighted by molar-refractivity contribution is 0.445. The number of nitrogens with zero attached hydrogens (tertiary/aromatic N) is 2. The minimum Gasteiger partial charge on any atom is -0.309 e. The van der Waals surface area contributed by atoms with Gasteiger partial charge in [0.25, 0.3) is 0 Å². The van der Waals surface area contributed by atoms with Crippen LogP contribution in [0.25, 0.3) is 71.6 Å². The summed E-state index contributed by atoms with van der Waals surface area (Å²) >= 11 is 0. The average Bonchev–Trinajstić information content (AvgIpc) is 3.89. The molecule has 326 valence electrons. The van der Waals surface area contributed by atoms with Gasteiger partial charge < -0.3 is 9.47 Å². The minimum atomic E-state index is -0.358. The number of rotatable bonds is 8. The van der Waals surface area contributed by atoms with Crippen LogP contribution in [-0.4, -0.2) is 4.57 Å². The lowest BCUT2D eigenvalue weighted by Crippen LogP contribution is -2.23. The van der Waals surface area contributed by atoms with Crippen molar-refractivity contribution in [1.82, 2.24) is 4.57 Å². The third-order valence-electron chi connectivity index (χ3n) is 15.5. The van der Waals surface area contributed by atoms with Crippen molar-refractivity contribution < 1.29 is 0 Å². The SMILES string of the molecule is CC1(c2ccccc2)c2ccccc2-c2ccc(N(c3ccccc3-c3cccc4cccc(C5CCCCC5)c34)c3ccccc3-c3cccc4c3c3ccccc3n4-c3ccccc3)cc21. The van der Waals surface area contributed by atoms with Crippen LogP contribution in [0.2, 0.25) is 0 Å². The van der Waals surface area contributed by atoms with Crippen LogP contribution in [-0.2, 0) is 5.41 Å². The molecule has 1 fully saturated rings. The van der Waals surface area contributed by atoms with Crippen LogP contribution in [0.1, 0.15) is 67.2 Å². The molecule has 2 aliphatic carbocycles. The monoisotopic (exact) mass is 872 g/mol. The number of anilines is 3. The van der Waals surface area contributed by atoms with Crippen molar-refractivity contribution in [1.29, 1.82) is 0 Å². The number of hydrogen-bond acceptors (Lipinski definition) is 1. The molecule has 2 heteroatoms. The van der Waals surface area contributed by atoms with Crippen LogP contribution in [0.3, 0.4) is 0 Å². The molecule has 11 aromatic rings. The Morgan fingerprint density at radius 3 is 1.74 bits per heavy atom. The van der Waals surface area contributed by atoms with Crippen molar-refractivity contribution in [3.05, 3.63) is 253 Å². The Hall–Kier alpha value is -7.94. The lowest BCUT2D eigenvalue weighted by atomic mass is 9.74. The van der Waals surface area contributed by atoms with Gasteiger partial charge in [-0.25, -0.2) is 0 Å². The molecular weight excluding hydrogens is 821 g/mol. The Morgan fingerprint density at radius 1 is 0.426 bits per heavy atom. The average molecular weight is 873 g/mol. The zero-order chi connectivity index (χ0) is 45.2. The molecule has 2 nitrogen and oxygen atoms in total. The Bertz CT molecular complexity index is 3680. The quantitative estimate of drug-likeness (QED) is 0.148. The zero-order valence-electron chi connectivity index (χ0n) is 38.4. The molecule has 1 aromatic heterocycles. The molecule has 0 amide bonds. The van der Waals surface area contributed by atoms with E-state index in [1.54, 1.807) is 0 Å². The van der Waals surface area contributed by atoms with E-state index in [1.807, 2.05) is 0 Å². The van der Waals surface area contributed by atoms with E-state index in [-0.39, 0.29) is 5.41 Å². The molecule has 0 bridgehead atoms. The molecule has 1 heterocycles. The summed E-state index contributed by atoms with van der Waals surface area (Å²) in [6.07, 6.45) is 6.43. The highest BCUT2D eigenvalue weighted by atomic mass is 15.1. The number of benzene rings is 10. The predicted molar refractivity (Wildman–Crippen MR) is 287 cm³/mol. The van der Waals surface area contributed by atoms with Crippen molar-refractivity contribution >= 4 is 49.6 Å². The first-order valence-electron chi connectivity index (χ1n) is 24.5. The van der Waals surface area contributed by atoms with Gasteiger partial charge in [-0.05, 0) is 129 Å². The number of aromatic nitrogens is 1. The molecule has 0 N–H and O–H groups in total. The molecular formula is C66H52N2. The van der Waals surface area contributed by atoms with Gasteiger partial charge in [-0.15, -0.1) is 0 Å². The van der Waals surface area contributed by atoms with Gasteiger partial charge in [-0.1, -0.05) is 201 Å². The summed E-state index contributed by atoms with van der Waals surface area (Å²) in [6.45, 7) is 2.43. The molecule has 10 aromatic carbocycles. The summed E-state index contributed by atoms with van der Waals surface area (Å²) in [5, 5.41) is 5.19. The van der Waals surface area contributed by atoms with Gasteiger partial charge in [0.1, 0.15) is 0 Å². The van der Waals surface area contributed by atoms with Gasteiger partial charge in [0.2, 0.25) is 0 Å². The molecule has 13 rings (SSSR count). The molecule has 0 radical (unpaired) electrons. The molecule has 2 aliphatic rings. The highest BCUT2D eigenvalue weighted by Gasteiger charge is 2.41. The second-order valence-corrected chi connectivity index (χ2v) is 19.1. The van der Waals surface area contributed by atoms with Crippen LogP contribution in [0.4, 0.5) is 17.1 Å². The van der Waals surface area contributed by atoms with Crippen LogP contribution < -0.4 is 4.90 Å². The van der Waals surface area contributed by atoms with E-state index in [1.165, 1.54) is 120 Å². The summed E-state index contributed by atoms with van der Waals surface area (Å²) in [7, 11) is 0. The normalized spacial score (nSPS) is 15.7. The molecule has 1 saturated carbocycles. The first-order chi connectivity index (χ1) is 33.7. The molecule has 1 atom stereocenters. The van der Waals surface area contributed by atoms with Crippen LogP contribution in [0.15, 0.2) is 231 Å². The molecule has 0 saturated heterocycles. The topological polar surface area (TPSA) is 8.17 Å². The van der Waals surface area contributed by atoms with Gasteiger partial charge in [0, 0.05) is 38.7 Å². The molecule has 0 spiro atoms. The van der Waals surface area contributed by atoms with Crippen molar-refractivity contribution in [2.45, 2.75) is 50.4 Å². The summed E-state index contributed by atoms with van der Waals surface area (Å²) in [5.41, 5.74) is 19.6. The fourth-order valence-corrected chi connectivity index (χ4v) is 12.3. The fourth-order valence-electron chi connectivity index (χ4n) is 12.3. The summed E-state index contributed by atoms with van der Waals surface area (Å²) in [5.74, 6) is 0.560. The van der Waals surface area contributed by atoms with E-state index >= 15 is 0 Å². The van der Waals surface area contributed by atoms with E-state index in [4.69, 9.17) is 0 Å². The Kier molecular flexibility index (Phi) is 9.75. The lowest BCUT2D eigenvalue weighted by Gasteiger charge is -2.33. The third kappa shape index (κ3) is 6.31. The van der Waals surface area contributed by atoms with Crippen molar-refractivity contribution in [3.63, 3.8) is 0 Å². The third-order valence-corrected chi connectivity index (χ3v) is 15.5. The molecule has 1 unspecified atom stereocenters. The van der Waals surface area contributed by atoms with E-state index < -0.39 is 0 Å². The van der Waals surface area contributed by atoms with Gasteiger partial charge in [-0.2, -0.15) is 0 Å². The van der Waals surface area contributed by atoms with Gasteiger partial charge in [-0.3, -0.25) is 0 Å². The molecule has 68 heavy (non-hydrogen) atoms. The van der Waals surface area contributed by atoms with Crippen molar-refractivity contribution in [2.24, 2.45) is 0 Å². The Labute approximate surface area is 399 Å². The summed E-state index contributed by atoms with van der Waals surface area (Å²) < 4.78 is 2.43. The van der Waals surface area contributed by atoms with Crippen LogP contribution in [0.5, 0.6) is 0 Å². The Morgan fingerprint density at radius 2 is 0.985 bits per heavy atom. The maximum atomic E-state index is 2.58. The largest absolute Gasteiger partial charge is 0.309 e. The standard InChI is InChI=1S/C66H52N2/c1-66(47-26-7-3-8-27-47)58-37-15-11-30-51(58)52-43-42-49(44-59(52)66)68(60-38-16-12-31-53(60)55-35-20-25-46-24-19-34-50(64(46)55)45-22-5-2-6-23-45)61-39-17-13-32-54(61)56-36-21-41-63-65(56)57-33-14-18-40-62(57)67(63)48-28-9-4-10-29-48/h3-4,7-21,24-45H,2,5-6,22-23H2,1H3. The van der Waals surface area contributed by atoms with E-state index in [0.29, 0.717) is 5.92 Å². The minimum absolute atomic E-state index is 0.358. The van der Waals surface area contributed by atoms with E-state index in [9.17, 15) is 0 Å².